The number of nitrogens with one attached hydrogen (secondary N) is 1. The van der Waals surface area contributed by atoms with Gasteiger partial charge in [0, 0.05) is 29.0 Å². The van der Waals surface area contributed by atoms with Crippen molar-refractivity contribution in [1.29, 1.82) is 0 Å². The van der Waals surface area contributed by atoms with Crippen LogP contribution in [0, 0.1) is 0 Å². The molecule has 3 aromatic rings. The zero-order valence-corrected chi connectivity index (χ0v) is 17.4. The van der Waals surface area contributed by atoms with Crippen molar-refractivity contribution < 1.29 is 17.9 Å². The van der Waals surface area contributed by atoms with E-state index in [0.717, 1.165) is 0 Å². The second kappa shape index (κ2) is 8.55. The summed E-state index contributed by atoms with van der Waals surface area (Å²) in [5.41, 5.74) is 1.48. The number of benzene rings is 3. The molecule has 1 amide bonds. The first kappa shape index (κ1) is 20.7. The quantitative estimate of drug-likeness (QED) is 0.627. The van der Waals surface area contributed by atoms with Crippen molar-refractivity contribution in [1.82, 2.24) is 0 Å². The van der Waals surface area contributed by atoms with Gasteiger partial charge >= 0.3 is 0 Å². The molecule has 3 aromatic carbocycles. The van der Waals surface area contributed by atoms with Crippen molar-refractivity contribution in [2.24, 2.45) is 0 Å². The lowest BCUT2D eigenvalue weighted by Gasteiger charge is -2.18. The Morgan fingerprint density at radius 2 is 1.59 bits per heavy atom. The summed E-state index contributed by atoms with van der Waals surface area (Å²) in [4.78, 5) is 14.1. The van der Waals surface area contributed by atoms with Crippen LogP contribution in [0.25, 0.3) is 0 Å². The fraction of sp³-hybridized carbons (Fsp3) is 0.0952. The molecule has 0 aliphatic rings. The Morgan fingerprint density at radius 1 is 0.966 bits per heavy atom. The fourth-order valence-electron chi connectivity index (χ4n) is 2.71. The van der Waals surface area contributed by atoms with Gasteiger partial charge in [-0.3, -0.25) is 9.52 Å². The van der Waals surface area contributed by atoms with Crippen LogP contribution in [0.1, 0.15) is 10.4 Å². The third-order valence-electron chi connectivity index (χ3n) is 4.26. The van der Waals surface area contributed by atoms with E-state index in [1.165, 1.54) is 18.1 Å². The first-order chi connectivity index (χ1) is 13.8. The minimum absolute atomic E-state index is 0.0432. The third-order valence-corrected chi connectivity index (χ3v) is 5.93. The van der Waals surface area contributed by atoms with Crippen LogP contribution < -0.4 is 14.4 Å². The monoisotopic (exact) mass is 430 g/mol. The molecule has 6 nitrogen and oxygen atoms in total. The second-order valence-electron chi connectivity index (χ2n) is 6.17. The Labute approximate surface area is 174 Å². The number of methoxy groups -OCH3 is 1. The van der Waals surface area contributed by atoms with Crippen molar-refractivity contribution >= 4 is 38.9 Å². The minimum atomic E-state index is -3.82. The van der Waals surface area contributed by atoms with Gasteiger partial charge in [-0.1, -0.05) is 23.7 Å². The highest BCUT2D eigenvalue weighted by atomic mass is 35.5. The van der Waals surface area contributed by atoms with Gasteiger partial charge in [-0.05, 0) is 60.7 Å². The largest absolute Gasteiger partial charge is 0.495 e. The van der Waals surface area contributed by atoms with Crippen molar-refractivity contribution in [2.75, 3.05) is 23.8 Å². The molecule has 0 fully saturated rings. The first-order valence-electron chi connectivity index (χ1n) is 8.61. The summed E-state index contributed by atoms with van der Waals surface area (Å²) in [5, 5.41) is 0.552. The molecule has 29 heavy (non-hydrogen) atoms. The molecule has 0 heterocycles. The highest BCUT2D eigenvalue weighted by molar-refractivity contribution is 7.92. The standard InChI is InChI=1S/C21H19ClN2O4S/c1-24(21(25)15-7-9-16(22)10-8-15)18-13-11-17(12-14-18)23-29(26,27)20-6-4-3-5-19(20)28-2/h3-14,23H,1-2H3. The number of carbonyl (C=O) groups excluding carboxylic acids is 1. The molecule has 0 aliphatic carbocycles. The minimum Gasteiger partial charge on any atom is -0.495 e. The molecule has 0 unspecified atom stereocenters. The summed E-state index contributed by atoms with van der Waals surface area (Å²) in [6.07, 6.45) is 0. The summed E-state index contributed by atoms with van der Waals surface area (Å²) in [6.45, 7) is 0. The van der Waals surface area contributed by atoms with Crippen LogP contribution >= 0.6 is 11.6 Å². The molecular formula is C21H19ClN2O4S. The first-order valence-corrected chi connectivity index (χ1v) is 10.5. The lowest BCUT2D eigenvalue weighted by molar-refractivity contribution is 0.0993. The predicted octanol–water partition coefficient (Wildman–Crippen LogP) is 4.43. The Morgan fingerprint density at radius 3 is 2.21 bits per heavy atom. The van der Waals surface area contributed by atoms with Gasteiger partial charge in [0.05, 0.1) is 7.11 Å². The van der Waals surface area contributed by atoms with Crippen molar-refractivity contribution in [3.05, 3.63) is 83.4 Å². The van der Waals surface area contributed by atoms with Crippen LogP contribution in [-0.4, -0.2) is 28.5 Å². The number of carbonyl (C=O) groups is 1. The van der Waals surface area contributed by atoms with Crippen molar-refractivity contribution in [2.45, 2.75) is 4.90 Å². The fourth-order valence-corrected chi connectivity index (χ4v) is 4.06. The zero-order chi connectivity index (χ0) is 21.0. The number of ether oxygens (including phenoxy) is 1. The lowest BCUT2D eigenvalue weighted by Crippen LogP contribution is -2.26. The van der Waals surface area contributed by atoms with E-state index in [9.17, 15) is 13.2 Å². The molecule has 0 saturated carbocycles. The summed E-state index contributed by atoms with van der Waals surface area (Å²) in [5.74, 6) is 0.0499. The molecule has 0 radical (unpaired) electrons. The van der Waals surface area contributed by atoms with Gasteiger partial charge in [0.2, 0.25) is 0 Å². The average molecular weight is 431 g/mol. The lowest BCUT2D eigenvalue weighted by atomic mass is 10.2. The summed E-state index contributed by atoms with van der Waals surface area (Å²) < 4.78 is 32.9. The van der Waals surface area contributed by atoms with Crippen LogP contribution in [0.4, 0.5) is 11.4 Å². The molecule has 0 spiro atoms. The van der Waals surface area contributed by atoms with Gasteiger partial charge < -0.3 is 9.64 Å². The van der Waals surface area contributed by atoms with Crippen LogP contribution in [0.3, 0.4) is 0 Å². The molecule has 150 valence electrons. The number of amides is 1. The molecule has 1 N–H and O–H groups in total. The van der Waals surface area contributed by atoms with Crippen molar-refractivity contribution in [3.8, 4) is 5.75 Å². The van der Waals surface area contributed by atoms with Gasteiger partial charge in [0.25, 0.3) is 15.9 Å². The zero-order valence-electron chi connectivity index (χ0n) is 15.8. The van der Waals surface area contributed by atoms with E-state index in [-0.39, 0.29) is 16.6 Å². The number of nitrogens with zero attached hydrogens (tertiary/aromatic N) is 1. The molecule has 0 aromatic heterocycles. The highest BCUT2D eigenvalue weighted by Gasteiger charge is 2.19. The van der Waals surface area contributed by atoms with Gasteiger partial charge in [0.1, 0.15) is 10.6 Å². The molecule has 0 atom stereocenters. The van der Waals surface area contributed by atoms with E-state index in [4.69, 9.17) is 16.3 Å². The van der Waals surface area contributed by atoms with E-state index in [1.54, 1.807) is 73.8 Å². The van der Waals surface area contributed by atoms with Crippen LogP contribution in [0.15, 0.2) is 77.7 Å². The molecule has 8 heteroatoms. The average Bonchev–Trinajstić information content (AvgIpc) is 2.73. The Hall–Kier alpha value is -3.03. The molecule has 0 bridgehead atoms. The van der Waals surface area contributed by atoms with E-state index in [2.05, 4.69) is 4.72 Å². The normalized spacial score (nSPS) is 11.0. The topological polar surface area (TPSA) is 75.7 Å². The number of hydrogen-bond donors (Lipinski definition) is 1. The number of sulfonamides is 1. The van der Waals surface area contributed by atoms with Crippen LogP contribution in [0.2, 0.25) is 5.02 Å². The Kier molecular flexibility index (Phi) is 6.10. The summed E-state index contributed by atoms with van der Waals surface area (Å²) >= 11 is 5.86. The highest BCUT2D eigenvalue weighted by Crippen LogP contribution is 2.26. The van der Waals surface area contributed by atoms with E-state index < -0.39 is 10.0 Å². The SMILES string of the molecule is COc1ccccc1S(=O)(=O)Nc1ccc(N(C)C(=O)c2ccc(Cl)cc2)cc1. The van der Waals surface area contributed by atoms with E-state index in [0.29, 0.717) is 22.0 Å². The van der Waals surface area contributed by atoms with Gasteiger partial charge in [-0.15, -0.1) is 0 Å². The molecular weight excluding hydrogens is 412 g/mol. The molecule has 3 rings (SSSR count). The van der Waals surface area contributed by atoms with Gasteiger partial charge in [0.15, 0.2) is 0 Å². The van der Waals surface area contributed by atoms with E-state index in [1.807, 2.05) is 0 Å². The molecule has 0 saturated heterocycles. The maximum atomic E-state index is 12.7. The van der Waals surface area contributed by atoms with Crippen molar-refractivity contribution in [3.63, 3.8) is 0 Å². The predicted molar refractivity (Wildman–Crippen MR) is 114 cm³/mol. The second-order valence-corrected chi connectivity index (χ2v) is 8.26. The van der Waals surface area contributed by atoms with Gasteiger partial charge in [-0.25, -0.2) is 8.42 Å². The number of hydrogen-bond acceptors (Lipinski definition) is 4. The maximum absolute atomic E-state index is 12.7. The summed E-state index contributed by atoms with van der Waals surface area (Å²) in [7, 11) is -0.763. The number of rotatable bonds is 6. The maximum Gasteiger partial charge on any atom is 0.265 e. The molecule has 0 aliphatic heterocycles. The number of halogens is 1. The number of para-hydroxylation sites is 1. The van der Waals surface area contributed by atoms with Crippen LogP contribution in [-0.2, 0) is 10.0 Å². The van der Waals surface area contributed by atoms with E-state index >= 15 is 0 Å². The smallest absolute Gasteiger partial charge is 0.265 e. The third kappa shape index (κ3) is 4.70. The summed E-state index contributed by atoms with van der Waals surface area (Å²) in [6, 6.07) is 19.5. The number of anilines is 2. The van der Waals surface area contributed by atoms with Crippen LogP contribution in [0.5, 0.6) is 5.75 Å². The van der Waals surface area contributed by atoms with Gasteiger partial charge in [-0.2, -0.15) is 0 Å². The Bertz CT molecular complexity index is 1110. The Balaban J connectivity index is 1.77.